The molecule has 1 aliphatic rings. The number of carbonyl (C=O) groups excluding carboxylic acids is 3. The minimum atomic E-state index is -0.689. The fraction of sp³-hybridized carbons (Fsp3) is 0.821. The van der Waals surface area contributed by atoms with Gasteiger partial charge in [-0.3, -0.25) is 14.5 Å². The second kappa shape index (κ2) is 12.9. The second-order valence-electron chi connectivity index (χ2n) is 11.9. The first kappa shape index (κ1) is 31.1. The molecule has 7 nitrogen and oxygen atoms in total. The Morgan fingerprint density at radius 3 is 2.20 bits per heavy atom. The summed E-state index contributed by atoms with van der Waals surface area (Å²) in [5.74, 6) is -0.541. The Hall–Kier alpha value is -1.89. The van der Waals surface area contributed by atoms with E-state index in [0.29, 0.717) is 12.2 Å². The van der Waals surface area contributed by atoms with Gasteiger partial charge < -0.3 is 15.0 Å². The van der Waals surface area contributed by atoms with Crippen molar-refractivity contribution in [3.05, 3.63) is 11.6 Å². The third-order valence-corrected chi connectivity index (χ3v) is 7.34. The normalized spacial score (nSPS) is 19.8. The van der Waals surface area contributed by atoms with Crippen LogP contribution in [0.15, 0.2) is 11.6 Å². The summed E-state index contributed by atoms with van der Waals surface area (Å²) in [5.41, 5.74) is -0.0953. The Morgan fingerprint density at radius 2 is 1.71 bits per heavy atom. The van der Waals surface area contributed by atoms with Crippen molar-refractivity contribution in [3.8, 4) is 0 Å². The van der Waals surface area contributed by atoms with E-state index in [-0.39, 0.29) is 41.3 Å². The van der Waals surface area contributed by atoms with Gasteiger partial charge in [-0.25, -0.2) is 4.79 Å². The standard InChI is InChI=1S/C28H51N3O4/c1-12-28(9,10)31-17-15-14-16-21(31)24(32)29-23(27(6,7)8)25(33)30(11)22(19(3)4)18-20(5)26(34)35-13-2/h18-19,21-23H,12-17H2,1-11H3,(H,29,32)/t21-,22-,23-/m1/s1. The Kier molecular flexibility index (Phi) is 11.5. The molecular weight excluding hydrogens is 442 g/mol. The van der Waals surface area contributed by atoms with Crippen molar-refractivity contribution in [1.82, 2.24) is 15.1 Å². The average Bonchev–Trinajstić information content (AvgIpc) is 2.78. The van der Waals surface area contributed by atoms with Crippen molar-refractivity contribution in [1.29, 1.82) is 0 Å². The molecule has 202 valence electrons. The molecule has 1 saturated heterocycles. The lowest BCUT2D eigenvalue weighted by Crippen LogP contribution is -2.62. The molecule has 1 heterocycles. The Morgan fingerprint density at radius 1 is 1.11 bits per heavy atom. The number of ether oxygens (including phenoxy) is 1. The lowest BCUT2D eigenvalue weighted by molar-refractivity contribution is -0.143. The van der Waals surface area contributed by atoms with Crippen molar-refractivity contribution in [3.63, 3.8) is 0 Å². The summed E-state index contributed by atoms with van der Waals surface area (Å²) in [5, 5.41) is 3.14. The van der Waals surface area contributed by atoms with Gasteiger partial charge in [0, 0.05) is 18.2 Å². The van der Waals surface area contributed by atoms with E-state index in [1.54, 1.807) is 31.9 Å². The molecule has 2 amide bonds. The predicted octanol–water partition coefficient (Wildman–Crippen LogP) is 4.55. The molecule has 0 aromatic rings. The molecule has 1 aliphatic heterocycles. The summed E-state index contributed by atoms with van der Waals surface area (Å²) in [4.78, 5) is 43.6. The third kappa shape index (κ3) is 8.33. The van der Waals surface area contributed by atoms with E-state index >= 15 is 0 Å². The van der Waals surface area contributed by atoms with Crippen LogP contribution in [0, 0.1) is 11.3 Å². The number of hydrogen-bond donors (Lipinski definition) is 1. The molecule has 7 heteroatoms. The van der Waals surface area contributed by atoms with E-state index in [2.05, 4.69) is 31.0 Å². The molecule has 1 N–H and O–H groups in total. The molecule has 0 bridgehead atoms. The highest BCUT2D eigenvalue weighted by Gasteiger charge is 2.41. The second-order valence-corrected chi connectivity index (χ2v) is 11.9. The van der Waals surface area contributed by atoms with E-state index in [9.17, 15) is 14.4 Å². The van der Waals surface area contributed by atoms with Crippen LogP contribution in [0.25, 0.3) is 0 Å². The summed E-state index contributed by atoms with van der Waals surface area (Å²) >= 11 is 0. The van der Waals surface area contributed by atoms with Crippen molar-refractivity contribution in [2.75, 3.05) is 20.2 Å². The highest BCUT2D eigenvalue weighted by Crippen LogP contribution is 2.30. The van der Waals surface area contributed by atoms with Crippen LogP contribution in [0.1, 0.15) is 94.9 Å². The number of esters is 1. The molecule has 0 unspecified atom stereocenters. The largest absolute Gasteiger partial charge is 0.463 e. The number of likely N-dealkylation sites (tertiary alicyclic amines) is 1. The number of amides is 2. The third-order valence-electron chi connectivity index (χ3n) is 7.34. The summed E-state index contributed by atoms with van der Waals surface area (Å²) in [6.45, 7) is 21.1. The first-order valence-electron chi connectivity index (χ1n) is 13.3. The zero-order valence-corrected chi connectivity index (χ0v) is 24.2. The molecule has 0 spiro atoms. The first-order chi connectivity index (χ1) is 16.1. The van der Waals surface area contributed by atoms with E-state index < -0.39 is 11.5 Å². The summed E-state index contributed by atoms with van der Waals surface area (Å²) in [6, 6.07) is -1.24. The molecule has 0 aromatic carbocycles. The SMILES string of the molecule is CCOC(=O)C(C)=C[C@H](C(C)C)N(C)C(=O)[C@@H](NC(=O)[C@H]1CCCCN1C(C)(C)CC)C(C)(C)C. The summed E-state index contributed by atoms with van der Waals surface area (Å²) in [7, 11) is 1.75. The van der Waals surface area contributed by atoms with Crippen LogP contribution in [0.2, 0.25) is 0 Å². The van der Waals surface area contributed by atoms with E-state index in [4.69, 9.17) is 4.74 Å². The summed E-state index contributed by atoms with van der Waals surface area (Å²) < 4.78 is 5.12. The maximum absolute atomic E-state index is 13.8. The highest BCUT2D eigenvalue weighted by molar-refractivity contribution is 5.91. The van der Waals surface area contributed by atoms with Crippen LogP contribution in [0.4, 0.5) is 0 Å². The van der Waals surface area contributed by atoms with Gasteiger partial charge in [0.15, 0.2) is 0 Å². The van der Waals surface area contributed by atoms with Crippen LogP contribution < -0.4 is 5.32 Å². The number of nitrogens with one attached hydrogen (secondary N) is 1. The van der Waals surface area contributed by atoms with Crippen molar-refractivity contribution < 1.29 is 19.1 Å². The van der Waals surface area contributed by atoms with Gasteiger partial charge in [-0.15, -0.1) is 0 Å². The zero-order chi connectivity index (χ0) is 27.1. The van der Waals surface area contributed by atoms with E-state index in [0.717, 1.165) is 32.2 Å². The number of likely N-dealkylation sites (N-methyl/N-ethyl adjacent to an activating group) is 1. The minimum Gasteiger partial charge on any atom is -0.463 e. The van der Waals surface area contributed by atoms with Crippen LogP contribution >= 0.6 is 0 Å². The molecule has 35 heavy (non-hydrogen) atoms. The first-order valence-corrected chi connectivity index (χ1v) is 13.3. The summed E-state index contributed by atoms with van der Waals surface area (Å²) in [6.07, 6.45) is 5.64. The quantitative estimate of drug-likeness (QED) is 0.357. The maximum atomic E-state index is 13.8. The number of carbonyl (C=O) groups is 3. The Balaban J connectivity index is 3.21. The molecule has 0 aliphatic carbocycles. The number of piperidine rings is 1. The minimum absolute atomic E-state index is 0.0730. The fourth-order valence-corrected chi connectivity index (χ4v) is 4.69. The molecular formula is C28H51N3O4. The lowest BCUT2D eigenvalue weighted by atomic mass is 9.84. The van der Waals surface area contributed by atoms with Crippen molar-refractivity contribution >= 4 is 17.8 Å². The van der Waals surface area contributed by atoms with Gasteiger partial charge in [0.1, 0.15) is 6.04 Å². The number of rotatable bonds is 10. The average molecular weight is 494 g/mol. The van der Waals surface area contributed by atoms with E-state index in [1.807, 2.05) is 34.6 Å². The fourth-order valence-electron chi connectivity index (χ4n) is 4.69. The monoisotopic (exact) mass is 493 g/mol. The Labute approximate surface area is 214 Å². The smallest absolute Gasteiger partial charge is 0.333 e. The molecule has 0 aromatic heterocycles. The van der Waals surface area contributed by atoms with Gasteiger partial charge in [0.2, 0.25) is 11.8 Å². The van der Waals surface area contributed by atoms with Crippen molar-refractivity contribution in [2.24, 2.45) is 11.3 Å². The molecule has 0 saturated carbocycles. The van der Waals surface area contributed by atoms with Gasteiger partial charge in [-0.1, -0.05) is 54.0 Å². The Bertz CT molecular complexity index is 767. The van der Waals surface area contributed by atoms with Gasteiger partial charge in [0.05, 0.1) is 18.7 Å². The molecule has 1 fully saturated rings. The zero-order valence-electron chi connectivity index (χ0n) is 24.2. The van der Waals surface area contributed by atoms with Gasteiger partial charge in [-0.2, -0.15) is 0 Å². The van der Waals surface area contributed by atoms with Crippen LogP contribution in [0.3, 0.4) is 0 Å². The van der Waals surface area contributed by atoms with Crippen LogP contribution in [0.5, 0.6) is 0 Å². The predicted molar refractivity (Wildman–Crippen MR) is 142 cm³/mol. The highest BCUT2D eigenvalue weighted by atomic mass is 16.5. The number of hydrogen-bond acceptors (Lipinski definition) is 5. The van der Waals surface area contributed by atoms with E-state index in [1.165, 1.54) is 0 Å². The van der Waals surface area contributed by atoms with Crippen molar-refractivity contribution in [2.45, 2.75) is 119 Å². The molecule has 3 atom stereocenters. The van der Waals surface area contributed by atoms with Gasteiger partial charge in [-0.05, 0) is 64.8 Å². The van der Waals surface area contributed by atoms with Gasteiger partial charge >= 0.3 is 5.97 Å². The topological polar surface area (TPSA) is 79.0 Å². The lowest BCUT2D eigenvalue weighted by Gasteiger charge is -2.46. The maximum Gasteiger partial charge on any atom is 0.333 e. The molecule has 1 rings (SSSR count). The van der Waals surface area contributed by atoms with Crippen LogP contribution in [-0.4, -0.2) is 71.4 Å². The molecule has 0 radical (unpaired) electrons. The van der Waals surface area contributed by atoms with Crippen LogP contribution in [-0.2, 0) is 19.1 Å². The number of nitrogens with zero attached hydrogens (tertiary/aromatic N) is 2. The van der Waals surface area contributed by atoms with Gasteiger partial charge in [0.25, 0.3) is 0 Å².